The van der Waals surface area contributed by atoms with Crippen LogP contribution in [0.4, 0.5) is 4.39 Å². The summed E-state index contributed by atoms with van der Waals surface area (Å²) in [5.74, 6) is 0.940. The van der Waals surface area contributed by atoms with E-state index in [1.165, 1.54) is 0 Å². The van der Waals surface area contributed by atoms with E-state index in [0.717, 1.165) is 53.9 Å². The van der Waals surface area contributed by atoms with Gasteiger partial charge in [-0.05, 0) is 63.2 Å². The first-order valence-electron chi connectivity index (χ1n) is 14.3. The minimum absolute atomic E-state index is 0. The molecule has 43 heavy (non-hydrogen) atoms. The predicted octanol–water partition coefficient (Wildman–Crippen LogP) is 3.75. The summed E-state index contributed by atoms with van der Waals surface area (Å²) in [6.45, 7) is 11.0. The van der Waals surface area contributed by atoms with Crippen LogP contribution < -0.4 is 21.1 Å². The molecule has 1 saturated heterocycles. The average Bonchev–Trinajstić information content (AvgIpc) is 3.32. The molecule has 4 rings (SSSR count). The summed E-state index contributed by atoms with van der Waals surface area (Å²) < 4.78 is 17.9. The molecular formula is C30H48FN6O4SY-. The fraction of sp³-hybridized carbons (Fsp3) is 0.633. The average molecular weight is 697 g/mol. The maximum absolute atomic E-state index is 13.3. The third kappa shape index (κ3) is 12.2. The minimum Gasteiger partial charge on any atom is -0.628 e. The van der Waals surface area contributed by atoms with Crippen molar-refractivity contribution in [1.82, 2.24) is 20.5 Å². The molecule has 10 nitrogen and oxygen atoms in total. The number of likely N-dealkylation sites (N-methyl/N-ethyl adjacent to an activating group) is 1. The van der Waals surface area contributed by atoms with Gasteiger partial charge in [-0.3, -0.25) is 14.9 Å². The Morgan fingerprint density at radius 3 is 2.58 bits per heavy atom. The molecule has 1 aromatic heterocycles. The third-order valence-electron chi connectivity index (χ3n) is 7.08. The number of alkyl halides is 1. The molecule has 2 aromatic rings. The molecule has 1 aliphatic heterocycles. The number of aromatic nitrogens is 1. The van der Waals surface area contributed by atoms with E-state index in [1.54, 1.807) is 11.3 Å². The molecule has 13 heteroatoms. The van der Waals surface area contributed by atoms with Crippen LogP contribution in [0.25, 0.3) is 15.8 Å². The topological polar surface area (TPSA) is 144 Å². The number of nitrogens with two attached hydrogens (primary N) is 1. The number of nitrogens with one attached hydrogen (secondary N) is 2. The summed E-state index contributed by atoms with van der Waals surface area (Å²) in [4.78, 5) is 30.3. The number of carbonyl (C=O) groups excluding carboxylic acids is 2. The Balaban J connectivity index is 0.000000900. The first-order valence-corrected chi connectivity index (χ1v) is 15.2. The Morgan fingerprint density at radius 2 is 2.07 bits per heavy atom. The zero-order chi connectivity index (χ0) is 31.3. The van der Waals surface area contributed by atoms with Crippen LogP contribution in [-0.2, 0) is 48.8 Å². The van der Waals surface area contributed by atoms with Gasteiger partial charge in [0.05, 0.1) is 28.3 Å². The second-order valence-corrected chi connectivity index (χ2v) is 12.3. The molecular weight excluding hydrogens is 648 g/mol. The van der Waals surface area contributed by atoms with Gasteiger partial charge in [0.25, 0.3) is 0 Å². The van der Waals surface area contributed by atoms with Crippen LogP contribution in [0.1, 0.15) is 57.7 Å². The van der Waals surface area contributed by atoms with Crippen LogP contribution in [-0.4, -0.2) is 85.6 Å². The summed E-state index contributed by atoms with van der Waals surface area (Å²) >= 11 is 1.62. The largest absolute Gasteiger partial charge is 0.628 e. The fourth-order valence-electron chi connectivity index (χ4n) is 4.63. The van der Waals surface area contributed by atoms with E-state index in [1.807, 2.05) is 24.4 Å². The Morgan fingerprint density at radius 1 is 1.37 bits per heavy atom. The molecule has 5 N–H and O–H groups in total. The second-order valence-electron chi connectivity index (χ2n) is 11.4. The number of carbonyl (C=O) groups is 2. The number of aliphatic hydroxyl groups is 1. The summed E-state index contributed by atoms with van der Waals surface area (Å²) in [6, 6.07) is 6.03. The van der Waals surface area contributed by atoms with E-state index in [9.17, 15) is 14.0 Å². The van der Waals surface area contributed by atoms with Crippen molar-refractivity contribution in [1.29, 1.82) is 0 Å². The second kappa shape index (κ2) is 19.2. The van der Waals surface area contributed by atoms with Gasteiger partial charge in [0.15, 0.2) is 12.0 Å². The van der Waals surface area contributed by atoms with Gasteiger partial charge in [-0.1, -0.05) is 32.9 Å². The van der Waals surface area contributed by atoms with E-state index in [0.29, 0.717) is 38.8 Å². The fourth-order valence-corrected chi connectivity index (χ4v) is 5.43. The van der Waals surface area contributed by atoms with Crippen LogP contribution in [0, 0.1) is 12.3 Å². The molecule has 2 heterocycles. The molecule has 0 spiro atoms. The predicted molar refractivity (Wildman–Crippen MR) is 166 cm³/mol. The Labute approximate surface area is 285 Å². The van der Waals surface area contributed by atoms with Crippen molar-refractivity contribution in [2.75, 3.05) is 40.5 Å². The molecule has 239 valence electrons. The smallest absolute Gasteiger partial charge is 0.241 e. The third-order valence-corrected chi connectivity index (χ3v) is 8.06. The summed E-state index contributed by atoms with van der Waals surface area (Å²) in [6.07, 6.45) is 3.20. The number of hydrogen-bond acceptors (Lipinski definition) is 9. The summed E-state index contributed by atoms with van der Waals surface area (Å²) in [5, 5.41) is 18.1. The van der Waals surface area contributed by atoms with E-state index >= 15 is 0 Å². The number of halogens is 1. The van der Waals surface area contributed by atoms with Gasteiger partial charge >= 0.3 is 0 Å². The normalized spacial score (nSPS) is 17.4. The van der Waals surface area contributed by atoms with Crippen LogP contribution in [0.2, 0.25) is 0 Å². The quantitative estimate of drug-likeness (QED) is 0.194. The SMILES string of the molecule is CNC(C(=O)N1CCCC1NCc1ccc(-c2scnc2C)cc1OC[N-]CCN)C(C)(C)C.CO.O=CC1(F)CC1.[Y]. The van der Waals surface area contributed by atoms with Gasteiger partial charge in [0.2, 0.25) is 5.91 Å². The van der Waals surface area contributed by atoms with Crippen molar-refractivity contribution in [2.24, 2.45) is 11.1 Å². The van der Waals surface area contributed by atoms with E-state index < -0.39 is 5.67 Å². The van der Waals surface area contributed by atoms with E-state index in [2.05, 4.69) is 59.9 Å². The van der Waals surface area contributed by atoms with Crippen LogP contribution >= 0.6 is 11.3 Å². The number of likely N-dealkylation sites (tertiary alicyclic amines) is 1. The van der Waals surface area contributed by atoms with Gasteiger partial charge in [0.1, 0.15) is 5.75 Å². The standard InChI is InChI=1S/C25H39N6O2S.C4H5FO.CH4O.Y/c1-17-22(34-16-30-17)18-8-9-19(20(13-18)33-15-28-11-10-26)14-29-21-7-6-12-31(21)24(32)23(27-5)25(2,3)4;5-4(3-6)1-2-4;1-2;/h8-9,13,16,21,23,27,29H,6-7,10-12,14-15,26H2,1-5H3;3H,1-2H2;2H,1H3;/q-1;;;. The Kier molecular flexibility index (Phi) is 17.7. The van der Waals surface area contributed by atoms with E-state index in [4.69, 9.17) is 15.6 Å². The number of aldehydes is 1. The molecule has 2 fully saturated rings. The van der Waals surface area contributed by atoms with Crippen LogP contribution in [0.5, 0.6) is 5.75 Å². The van der Waals surface area contributed by atoms with E-state index in [-0.39, 0.29) is 63.0 Å². The molecule has 1 aliphatic carbocycles. The minimum atomic E-state index is -1.39. The number of nitrogens with zero attached hydrogens (tertiary/aromatic N) is 3. The Hall–Kier alpha value is -1.38. The maximum atomic E-state index is 13.3. The molecule has 2 unspecified atom stereocenters. The molecule has 2 atom stereocenters. The number of benzene rings is 1. The molecule has 1 radical (unpaired) electrons. The van der Waals surface area contributed by atoms with Crippen molar-refractivity contribution in [2.45, 2.75) is 77.8 Å². The van der Waals surface area contributed by atoms with Crippen LogP contribution in [0.3, 0.4) is 0 Å². The van der Waals surface area contributed by atoms with Crippen LogP contribution in [0.15, 0.2) is 23.7 Å². The number of aryl methyl sites for hydroxylation is 1. The number of amides is 1. The summed E-state index contributed by atoms with van der Waals surface area (Å²) in [5.41, 5.74) is 8.99. The maximum Gasteiger partial charge on any atom is 0.241 e. The van der Waals surface area contributed by atoms with Gasteiger partial charge in [-0.25, -0.2) is 9.37 Å². The van der Waals surface area contributed by atoms with Gasteiger partial charge in [-0.2, -0.15) is 0 Å². The number of thiazole rings is 1. The van der Waals surface area contributed by atoms with Crippen molar-refractivity contribution < 1.29 is 56.5 Å². The summed E-state index contributed by atoms with van der Waals surface area (Å²) in [7, 11) is 2.86. The van der Waals surface area contributed by atoms with Crippen molar-refractivity contribution in [3.05, 3.63) is 40.3 Å². The first kappa shape index (κ1) is 39.6. The number of hydrogen-bond donors (Lipinski definition) is 4. The number of ether oxygens (including phenoxy) is 1. The van der Waals surface area contributed by atoms with Gasteiger partial charge in [0, 0.05) is 65.2 Å². The van der Waals surface area contributed by atoms with Crippen molar-refractivity contribution in [3.8, 4) is 16.2 Å². The molecule has 0 bridgehead atoms. The number of rotatable bonds is 12. The van der Waals surface area contributed by atoms with Gasteiger partial charge < -0.3 is 31.1 Å². The molecule has 1 aromatic carbocycles. The zero-order valence-electron chi connectivity index (χ0n) is 26.4. The van der Waals surface area contributed by atoms with Crippen molar-refractivity contribution in [3.63, 3.8) is 0 Å². The van der Waals surface area contributed by atoms with Crippen molar-refractivity contribution >= 4 is 23.5 Å². The molecule has 1 amide bonds. The Bertz CT molecular complexity index is 1130. The monoisotopic (exact) mass is 696 g/mol. The zero-order valence-corrected chi connectivity index (χ0v) is 30.0. The molecule has 2 aliphatic rings. The van der Waals surface area contributed by atoms with Gasteiger partial charge in [-0.15, -0.1) is 17.9 Å². The number of aliphatic hydroxyl groups excluding tert-OH is 1. The first-order chi connectivity index (χ1) is 20.0. The molecule has 1 saturated carbocycles.